The fraction of sp³-hybridized carbons (Fsp3) is 0.333. The average Bonchev–Trinajstić information content (AvgIpc) is 3.05. The minimum absolute atomic E-state index is 0.0268. The molecule has 0 aliphatic heterocycles. The van der Waals surface area contributed by atoms with Crippen LogP contribution < -0.4 is 5.32 Å². The van der Waals surface area contributed by atoms with Crippen molar-refractivity contribution < 1.29 is 23.8 Å². The molecule has 1 heterocycles. The molecule has 0 unspecified atom stereocenters. The fourth-order valence-corrected chi connectivity index (χ4v) is 4.28. The molecule has 0 bridgehead atoms. The number of nitrogens with zero attached hydrogens (tertiary/aromatic N) is 1. The number of aliphatic carboxylic acids is 1. The van der Waals surface area contributed by atoms with E-state index in [0.717, 1.165) is 34.1 Å². The monoisotopic (exact) mass is 424 g/mol. The molecule has 2 aromatic carbocycles. The number of ketones is 1. The number of ether oxygens (including phenoxy) is 1. The van der Waals surface area contributed by atoms with Crippen molar-refractivity contribution >= 4 is 22.7 Å². The van der Waals surface area contributed by atoms with Crippen molar-refractivity contribution in [1.82, 2.24) is 9.88 Å². The van der Waals surface area contributed by atoms with Crippen LogP contribution in [0.1, 0.15) is 23.2 Å². The van der Waals surface area contributed by atoms with Crippen LogP contribution in [0.2, 0.25) is 0 Å². The molecule has 0 saturated heterocycles. The number of halogens is 1. The minimum atomic E-state index is -0.926. The summed E-state index contributed by atoms with van der Waals surface area (Å²) in [6.07, 6.45) is 2.08. The summed E-state index contributed by atoms with van der Waals surface area (Å²) in [7, 11) is 0. The van der Waals surface area contributed by atoms with Crippen LogP contribution in [0.15, 0.2) is 48.5 Å². The number of carboxylic acids is 1. The number of rotatable bonds is 9. The largest absolute Gasteiger partial charge is 0.480 e. The number of carbonyl (C=O) groups excluding carboxylic acids is 1. The van der Waals surface area contributed by atoms with Crippen LogP contribution in [-0.4, -0.2) is 40.6 Å². The molecule has 0 fully saturated rings. The molecule has 0 amide bonds. The highest BCUT2D eigenvalue weighted by Crippen LogP contribution is 2.32. The van der Waals surface area contributed by atoms with E-state index in [1.54, 1.807) is 10.6 Å². The number of aromatic nitrogens is 1. The standard InChI is InChI=1S/C24H25FN2O4/c25-17-6-8-22-20(10-17)21-11-18(7-9-23(21)27(22)13-24(29)30)26-12-19(28)15-31-14-16-4-2-1-3-5-16/h1-6,8,10,18,26H,7,9,11-15H2,(H,29,30)/t18-/m0/s1. The zero-order valence-electron chi connectivity index (χ0n) is 17.1. The van der Waals surface area contributed by atoms with Gasteiger partial charge in [0.15, 0.2) is 5.78 Å². The van der Waals surface area contributed by atoms with Gasteiger partial charge in [-0.3, -0.25) is 9.59 Å². The predicted octanol–water partition coefficient (Wildman–Crippen LogP) is 3.10. The van der Waals surface area contributed by atoms with Crippen LogP contribution in [-0.2, 0) is 40.3 Å². The third-order valence-corrected chi connectivity index (χ3v) is 5.68. The van der Waals surface area contributed by atoms with Gasteiger partial charge >= 0.3 is 5.97 Å². The summed E-state index contributed by atoms with van der Waals surface area (Å²) in [5, 5.41) is 13.3. The smallest absolute Gasteiger partial charge is 0.323 e. The summed E-state index contributed by atoms with van der Waals surface area (Å²) in [5.41, 5.74) is 3.67. The third kappa shape index (κ3) is 5.00. The Morgan fingerprint density at radius 3 is 2.77 bits per heavy atom. The molecule has 1 aliphatic rings. The van der Waals surface area contributed by atoms with Crippen molar-refractivity contribution in [1.29, 1.82) is 0 Å². The lowest BCUT2D eigenvalue weighted by Gasteiger charge is -2.24. The molecular weight excluding hydrogens is 399 g/mol. The van der Waals surface area contributed by atoms with E-state index < -0.39 is 5.97 Å². The highest BCUT2D eigenvalue weighted by Gasteiger charge is 2.26. The second-order valence-corrected chi connectivity index (χ2v) is 7.90. The quantitative estimate of drug-likeness (QED) is 0.552. The van der Waals surface area contributed by atoms with Gasteiger partial charge in [0, 0.05) is 22.6 Å². The molecule has 0 saturated carbocycles. The Labute approximate surface area is 179 Å². The molecule has 1 aliphatic carbocycles. The first-order valence-corrected chi connectivity index (χ1v) is 10.4. The molecule has 162 valence electrons. The average molecular weight is 424 g/mol. The van der Waals surface area contributed by atoms with Crippen molar-refractivity contribution in [2.75, 3.05) is 13.2 Å². The minimum Gasteiger partial charge on any atom is -0.480 e. The Kier molecular flexibility index (Phi) is 6.44. The lowest BCUT2D eigenvalue weighted by Crippen LogP contribution is -2.39. The van der Waals surface area contributed by atoms with E-state index >= 15 is 0 Å². The first kappa shape index (κ1) is 21.2. The van der Waals surface area contributed by atoms with E-state index in [2.05, 4.69) is 5.32 Å². The van der Waals surface area contributed by atoms with Gasteiger partial charge in [-0.15, -0.1) is 0 Å². The van der Waals surface area contributed by atoms with Crippen molar-refractivity contribution in [3.63, 3.8) is 0 Å². The van der Waals surface area contributed by atoms with Crippen LogP contribution in [0.4, 0.5) is 4.39 Å². The Balaban J connectivity index is 1.37. The summed E-state index contributed by atoms with van der Waals surface area (Å²) >= 11 is 0. The number of nitrogens with one attached hydrogen (secondary N) is 1. The summed E-state index contributed by atoms with van der Waals surface area (Å²) < 4.78 is 21.1. The van der Waals surface area contributed by atoms with Crippen LogP contribution in [0.25, 0.3) is 10.9 Å². The number of fused-ring (bicyclic) bond motifs is 3. The van der Waals surface area contributed by atoms with E-state index in [0.29, 0.717) is 19.4 Å². The molecule has 6 nitrogen and oxygen atoms in total. The number of carboxylic acid groups (broad SMARTS) is 1. The predicted molar refractivity (Wildman–Crippen MR) is 114 cm³/mol. The lowest BCUT2D eigenvalue weighted by atomic mass is 9.91. The molecule has 0 radical (unpaired) electrons. The van der Waals surface area contributed by atoms with E-state index in [1.165, 1.54) is 12.1 Å². The second-order valence-electron chi connectivity index (χ2n) is 7.90. The maximum absolute atomic E-state index is 13.9. The van der Waals surface area contributed by atoms with Gasteiger partial charge in [0.05, 0.1) is 13.2 Å². The van der Waals surface area contributed by atoms with E-state index in [4.69, 9.17) is 4.74 Å². The number of carbonyl (C=O) groups is 2. The highest BCUT2D eigenvalue weighted by atomic mass is 19.1. The van der Waals surface area contributed by atoms with Crippen LogP contribution >= 0.6 is 0 Å². The van der Waals surface area contributed by atoms with Gasteiger partial charge in [-0.05, 0) is 48.6 Å². The molecule has 1 aromatic heterocycles. The van der Waals surface area contributed by atoms with Crippen LogP contribution in [0.3, 0.4) is 0 Å². The SMILES string of the molecule is O=C(O)Cn1c2c(c3cc(F)ccc31)C[C@@H](NCC(=O)COCc1ccccc1)CC2. The van der Waals surface area contributed by atoms with Crippen LogP contribution in [0, 0.1) is 5.82 Å². The maximum atomic E-state index is 13.9. The summed E-state index contributed by atoms with van der Waals surface area (Å²) in [6, 6.07) is 14.2. The van der Waals surface area contributed by atoms with Crippen LogP contribution in [0.5, 0.6) is 0 Å². The fourth-order valence-electron chi connectivity index (χ4n) is 4.28. The molecule has 3 aromatic rings. The molecule has 1 atom stereocenters. The molecular formula is C24H25FN2O4. The summed E-state index contributed by atoms with van der Waals surface area (Å²) in [6.45, 7) is 0.501. The van der Waals surface area contributed by atoms with Gasteiger partial charge in [-0.2, -0.15) is 0 Å². The lowest BCUT2D eigenvalue weighted by molar-refractivity contribution is -0.137. The molecule has 4 rings (SSSR count). The third-order valence-electron chi connectivity index (χ3n) is 5.68. The zero-order valence-corrected chi connectivity index (χ0v) is 17.1. The topological polar surface area (TPSA) is 80.6 Å². The van der Waals surface area contributed by atoms with Crippen molar-refractivity contribution in [2.45, 2.75) is 38.5 Å². The Morgan fingerprint density at radius 1 is 1.19 bits per heavy atom. The zero-order chi connectivity index (χ0) is 21.8. The van der Waals surface area contributed by atoms with Crippen molar-refractivity contribution in [2.24, 2.45) is 0 Å². The highest BCUT2D eigenvalue weighted by molar-refractivity contribution is 5.87. The molecule has 7 heteroatoms. The van der Waals surface area contributed by atoms with Crippen molar-refractivity contribution in [3.05, 3.63) is 71.2 Å². The first-order chi connectivity index (χ1) is 15.0. The van der Waals surface area contributed by atoms with Gasteiger partial charge in [-0.1, -0.05) is 30.3 Å². The normalized spacial score (nSPS) is 15.7. The van der Waals surface area contributed by atoms with E-state index in [-0.39, 0.29) is 37.3 Å². The number of benzene rings is 2. The summed E-state index contributed by atoms with van der Waals surface area (Å²) in [4.78, 5) is 23.5. The van der Waals surface area contributed by atoms with Gasteiger partial charge in [0.25, 0.3) is 0 Å². The first-order valence-electron chi connectivity index (χ1n) is 10.4. The van der Waals surface area contributed by atoms with E-state index in [9.17, 15) is 19.1 Å². The maximum Gasteiger partial charge on any atom is 0.323 e. The molecule has 0 spiro atoms. The Hall–Kier alpha value is -3.03. The van der Waals surface area contributed by atoms with Gasteiger partial charge in [-0.25, -0.2) is 4.39 Å². The summed E-state index contributed by atoms with van der Waals surface area (Å²) in [5.74, 6) is -1.30. The Morgan fingerprint density at radius 2 is 2.00 bits per heavy atom. The van der Waals surface area contributed by atoms with Crippen molar-refractivity contribution in [3.8, 4) is 0 Å². The number of Topliss-reactive ketones (excluding diaryl/α,β-unsaturated/α-hetero) is 1. The van der Waals surface area contributed by atoms with E-state index in [1.807, 2.05) is 30.3 Å². The second kappa shape index (κ2) is 9.41. The molecule has 31 heavy (non-hydrogen) atoms. The Bertz CT molecular complexity index is 1090. The number of hydrogen-bond acceptors (Lipinski definition) is 4. The molecule has 2 N–H and O–H groups in total. The number of hydrogen-bond donors (Lipinski definition) is 2. The van der Waals surface area contributed by atoms with Gasteiger partial charge in [0.1, 0.15) is 19.0 Å². The van der Waals surface area contributed by atoms with Gasteiger partial charge in [0.2, 0.25) is 0 Å². The van der Waals surface area contributed by atoms with Gasteiger partial charge < -0.3 is 19.7 Å².